The lowest BCUT2D eigenvalue weighted by atomic mass is 10.3. The fourth-order valence-electron chi connectivity index (χ4n) is 1.71. The van der Waals surface area contributed by atoms with Gasteiger partial charge in [-0.2, -0.15) is 0 Å². The SMILES string of the molecule is CC(=O)SC1CC(=O)N(CCCCN)C1. The molecule has 0 aromatic rings. The number of nitrogens with zero attached hydrogens (tertiary/aromatic N) is 1. The van der Waals surface area contributed by atoms with Crippen molar-refractivity contribution in [1.82, 2.24) is 4.90 Å². The average molecular weight is 230 g/mol. The van der Waals surface area contributed by atoms with Crippen molar-refractivity contribution in [2.75, 3.05) is 19.6 Å². The van der Waals surface area contributed by atoms with Crippen LogP contribution in [0.25, 0.3) is 0 Å². The molecule has 86 valence electrons. The summed E-state index contributed by atoms with van der Waals surface area (Å²) in [5.74, 6) is 0.172. The van der Waals surface area contributed by atoms with E-state index in [1.807, 2.05) is 4.90 Å². The van der Waals surface area contributed by atoms with Crippen molar-refractivity contribution in [3.63, 3.8) is 0 Å². The number of hydrogen-bond acceptors (Lipinski definition) is 4. The van der Waals surface area contributed by atoms with Crippen molar-refractivity contribution in [3.8, 4) is 0 Å². The summed E-state index contributed by atoms with van der Waals surface area (Å²) in [5, 5.41) is 0.254. The Balaban J connectivity index is 2.29. The first kappa shape index (κ1) is 12.5. The monoisotopic (exact) mass is 230 g/mol. The van der Waals surface area contributed by atoms with Crippen LogP contribution in [0.4, 0.5) is 0 Å². The lowest BCUT2D eigenvalue weighted by Gasteiger charge is -2.15. The third kappa shape index (κ3) is 4.22. The summed E-state index contributed by atoms with van der Waals surface area (Å²) in [6, 6.07) is 0. The quantitative estimate of drug-likeness (QED) is 0.703. The van der Waals surface area contributed by atoms with E-state index < -0.39 is 0 Å². The highest BCUT2D eigenvalue weighted by Gasteiger charge is 2.30. The molecule has 0 saturated carbocycles. The van der Waals surface area contributed by atoms with Gasteiger partial charge in [0.2, 0.25) is 5.91 Å². The molecule has 1 rings (SSSR count). The van der Waals surface area contributed by atoms with Gasteiger partial charge in [-0.25, -0.2) is 0 Å². The van der Waals surface area contributed by atoms with E-state index >= 15 is 0 Å². The zero-order valence-electron chi connectivity index (χ0n) is 9.07. The van der Waals surface area contributed by atoms with Crippen molar-refractivity contribution < 1.29 is 9.59 Å². The van der Waals surface area contributed by atoms with E-state index in [0.717, 1.165) is 19.4 Å². The standard InChI is InChI=1S/C10H18N2O2S/c1-8(13)15-9-6-10(14)12(7-9)5-3-2-4-11/h9H,2-7,11H2,1H3. The molecule has 2 N–H and O–H groups in total. The van der Waals surface area contributed by atoms with Gasteiger partial charge in [0.05, 0.1) is 0 Å². The predicted molar refractivity (Wildman–Crippen MR) is 61.5 cm³/mol. The highest BCUT2D eigenvalue weighted by atomic mass is 32.2. The second kappa shape index (κ2) is 6.12. The molecule has 1 atom stereocenters. The normalized spacial score (nSPS) is 21.1. The van der Waals surface area contributed by atoms with Crippen LogP contribution in [0.15, 0.2) is 0 Å². The second-order valence-corrected chi connectivity index (χ2v) is 5.25. The molecule has 1 fully saturated rings. The Kier molecular flexibility index (Phi) is 5.11. The molecule has 15 heavy (non-hydrogen) atoms. The van der Waals surface area contributed by atoms with Crippen molar-refractivity contribution >= 4 is 22.8 Å². The maximum atomic E-state index is 11.5. The topological polar surface area (TPSA) is 63.4 Å². The first-order valence-electron chi connectivity index (χ1n) is 5.28. The predicted octanol–water partition coefficient (Wildman–Crippen LogP) is 0.606. The molecular weight excluding hydrogens is 212 g/mol. The van der Waals surface area contributed by atoms with E-state index in [2.05, 4.69) is 0 Å². The number of unbranched alkanes of at least 4 members (excludes halogenated alkanes) is 1. The fraction of sp³-hybridized carbons (Fsp3) is 0.800. The zero-order valence-corrected chi connectivity index (χ0v) is 9.89. The van der Waals surface area contributed by atoms with E-state index in [9.17, 15) is 9.59 Å². The highest BCUT2D eigenvalue weighted by molar-refractivity contribution is 8.14. The first-order chi connectivity index (χ1) is 7.13. The minimum atomic E-state index is 0.0941. The largest absolute Gasteiger partial charge is 0.342 e. The van der Waals surface area contributed by atoms with Crippen LogP contribution in [-0.4, -0.2) is 40.8 Å². The summed E-state index contributed by atoms with van der Waals surface area (Å²) >= 11 is 1.28. The van der Waals surface area contributed by atoms with Crippen LogP contribution < -0.4 is 5.73 Å². The maximum absolute atomic E-state index is 11.5. The number of carbonyl (C=O) groups is 2. The first-order valence-corrected chi connectivity index (χ1v) is 6.16. The number of nitrogens with two attached hydrogens (primary N) is 1. The number of carbonyl (C=O) groups excluding carboxylic acids is 2. The second-order valence-electron chi connectivity index (χ2n) is 3.77. The Morgan fingerprint density at radius 1 is 1.60 bits per heavy atom. The van der Waals surface area contributed by atoms with Crippen LogP contribution in [0.2, 0.25) is 0 Å². The lowest BCUT2D eigenvalue weighted by molar-refractivity contribution is -0.127. The van der Waals surface area contributed by atoms with Crippen LogP contribution >= 0.6 is 11.8 Å². The van der Waals surface area contributed by atoms with Crippen LogP contribution in [0.3, 0.4) is 0 Å². The van der Waals surface area contributed by atoms with Crippen LogP contribution in [0.5, 0.6) is 0 Å². The number of likely N-dealkylation sites (tertiary alicyclic amines) is 1. The van der Waals surface area contributed by atoms with Gasteiger partial charge in [-0.3, -0.25) is 9.59 Å². The van der Waals surface area contributed by atoms with E-state index in [1.54, 1.807) is 6.92 Å². The molecule has 0 aliphatic carbocycles. The summed E-state index contributed by atoms with van der Waals surface area (Å²) in [6.07, 6.45) is 2.42. The Morgan fingerprint density at radius 3 is 2.93 bits per heavy atom. The molecule has 1 unspecified atom stereocenters. The van der Waals surface area contributed by atoms with Crippen LogP contribution in [0.1, 0.15) is 26.2 Å². The molecular formula is C10H18N2O2S. The lowest BCUT2D eigenvalue weighted by Crippen LogP contribution is -2.27. The Labute approximate surface area is 94.6 Å². The minimum absolute atomic E-state index is 0.0941. The summed E-state index contributed by atoms with van der Waals surface area (Å²) in [5.41, 5.74) is 5.39. The number of rotatable bonds is 5. The molecule has 5 heteroatoms. The molecule has 1 heterocycles. The maximum Gasteiger partial charge on any atom is 0.223 e. The molecule has 0 radical (unpaired) electrons. The van der Waals surface area contributed by atoms with Gasteiger partial charge in [-0.05, 0) is 19.4 Å². The fourth-order valence-corrected chi connectivity index (χ4v) is 2.66. The number of hydrogen-bond donors (Lipinski definition) is 1. The van der Waals surface area contributed by atoms with Crippen molar-refractivity contribution in [2.24, 2.45) is 5.73 Å². The van der Waals surface area contributed by atoms with E-state index in [1.165, 1.54) is 11.8 Å². The third-order valence-electron chi connectivity index (χ3n) is 2.39. The summed E-state index contributed by atoms with van der Waals surface area (Å²) in [4.78, 5) is 24.3. The van der Waals surface area contributed by atoms with Gasteiger partial charge in [-0.15, -0.1) is 0 Å². The van der Waals surface area contributed by atoms with E-state index in [-0.39, 0.29) is 16.3 Å². The van der Waals surface area contributed by atoms with Crippen molar-refractivity contribution in [1.29, 1.82) is 0 Å². The van der Waals surface area contributed by atoms with Gasteiger partial charge in [-0.1, -0.05) is 11.8 Å². The molecule has 0 aromatic carbocycles. The van der Waals surface area contributed by atoms with Crippen molar-refractivity contribution in [3.05, 3.63) is 0 Å². The summed E-state index contributed by atoms with van der Waals surface area (Å²) in [6.45, 7) is 3.72. The number of thioether (sulfide) groups is 1. The van der Waals surface area contributed by atoms with Gasteiger partial charge in [0, 0.05) is 31.7 Å². The number of amides is 1. The molecule has 1 saturated heterocycles. The van der Waals surface area contributed by atoms with Crippen LogP contribution in [0, 0.1) is 0 Å². The highest BCUT2D eigenvalue weighted by Crippen LogP contribution is 2.24. The third-order valence-corrected chi connectivity index (χ3v) is 3.37. The van der Waals surface area contributed by atoms with Gasteiger partial charge < -0.3 is 10.6 Å². The van der Waals surface area contributed by atoms with Gasteiger partial charge in [0.15, 0.2) is 5.12 Å². The summed E-state index contributed by atoms with van der Waals surface area (Å²) in [7, 11) is 0. The van der Waals surface area contributed by atoms with E-state index in [4.69, 9.17) is 5.73 Å². The molecule has 4 nitrogen and oxygen atoms in total. The van der Waals surface area contributed by atoms with E-state index in [0.29, 0.717) is 19.5 Å². The Morgan fingerprint density at radius 2 is 2.33 bits per heavy atom. The van der Waals surface area contributed by atoms with Crippen LogP contribution in [-0.2, 0) is 9.59 Å². The Hall–Kier alpha value is -0.550. The Bertz CT molecular complexity index is 246. The molecule has 1 amide bonds. The molecule has 1 aliphatic rings. The molecule has 1 aliphatic heterocycles. The molecule has 0 spiro atoms. The van der Waals surface area contributed by atoms with Gasteiger partial charge >= 0.3 is 0 Å². The summed E-state index contributed by atoms with van der Waals surface area (Å²) < 4.78 is 0. The van der Waals surface area contributed by atoms with Gasteiger partial charge in [0.25, 0.3) is 0 Å². The van der Waals surface area contributed by atoms with Gasteiger partial charge in [0.1, 0.15) is 0 Å². The molecule has 0 bridgehead atoms. The minimum Gasteiger partial charge on any atom is -0.342 e. The van der Waals surface area contributed by atoms with Crippen molar-refractivity contribution in [2.45, 2.75) is 31.4 Å². The molecule has 0 aromatic heterocycles. The smallest absolute Gasteiger partial charge is 0.223 e. The average Bonchev–Trinajstić information content (AvgIpc) is 2.46. The zero-order chi connectivity index (χ0) is 11.3.